The molecule has 8 nitrogen and oxygen atoms in total. The van der Waals surface area contributed by atoms with Crippen LogP contribution in [0.25, 0.3) is 0 Å². The van der Waals surface area contributed by atoms with Crippen molar-refractivity contribution in [1.29, 1.82) is 0 Å². The van der Waals surface area contributed by atoms with Gasteiger partial charge in [0.15, 0.2) is 4.34 Å². The van der Waals surface area contributed by atoms with Crippen molar-refractivity contribution in [2.45, 2.75) is 11.3 Å². The van der Waals surface area contributed by atoms with Gasteiger partial charge in [-0.2, -0.15) is 0 Å². The number of aromatic nitrogens is 2. The summed E-state index contributed by atoms with van der Waals surface area (Å²) in [5.41, 5.74) is 2.11. The zero-order valence-corrected chi connectivity index (χ0v) is 17.5. The summed E-state index contributed by atoms with van der Waals surface area (Å²) in [7, 11) is 1.64. The van der Waals surface area contributed by atoms with Gasteiger partial charge in [0.1, 0.15) is 0 Å². The van der Waals surface area contributed by atoms with E-state index in [2.05, 4.69) is 15.5 Å². The maximum absolute atomic E-state index is 12.3. The van der Waals surface area contributed by atoms with Gasteiger partial charge in [-0.3, -0.25) is 9.59 Å². The second kappa shape index (κ2) is 9.85. The van der Waals surface area contributed by atoms with Gasteiger partial charge in [-0.05, 0) is 24.6 Å². The maximum atomic E-state index is 12.3. The molecule has 1 aromatic heterocycles. The summed E-state index contributed by atoms with van der Waals surface area (Å²) in [6.45, 7) is 4.37. The van der Waals surface area contributed by atoms with Crippen LogP contribution >= 0.6 is 23.1 Å². The van der Waals surface area contributed by atoms with Crippen LogP contribution in [-0.2, 0) is 14.3 Å². The molecule has 10 heteroatoms. The minimum atomic E-state index is -0.116. The highest BCUT2D eigenvalue weighted by Gasteiger charge is 2.20. The molecule has 0 unspecified atom stereocenters. The van der Waals surface area contributed by atoms with Crippen molar-refractivity contribution in [3.63, 3.8) is 0 Å². The number of rotatable bonds is 7. The first-order chi connectivity index (χ1) is 13.5. The van der Waals surface area contributed by atoms with Crippen molar-refractivity contribution in [3.8, 4) is 0 Å². The zero-order valence-electron chi connectivity index (χ0n) is 15.9. The summed E-state index contributed by atoms with van der Waals surface area (Å²) in [4.78, 5) is 27.7. The topological polar surface area (TPSA) is 87.7 Å². The Kier molecular flexibility index (Phi) is 7.24. The third kappa shape index (κ3) is 5.91. The lowest BCUT2D eigenvalue weighted by Gasteiger charge is -2.28. The predicted octanol–water partition coefficient (Wildman–Crippen LogP) is 2.00. The number of carbonyl (C=O) groups is 2. The Morgan fingerprint density at radius 3 is 2.86 bits per heavy atom. The quantitative estimate of drug-likeness (QED) is 0.684. The minimum absolute atomic E-state index is 0.0512. The molecule has 1 aliphatic rings. The molecule has 28 heavy (non-hydrogen) atoms. The highest BCUT2D eigenvalue weighted by atomic mass is 32.2. The Morgan fingerprint density at radius 1 is 1.32 bits per heavy atom. The number of thioether (sulfide) groups is 1. The lowest BCUT2D eigenvalue weighted by Crippen LogP contribution is -2.46. The normalized spacial score (nSPS) is 14.0. The van der Waals surface area contributed by atoms with Crippen molar-refractivity contribution in [3.05, 3.63) is 29.8 Å². The number of aryl methyl sites for hydroxylation is 1. The molecule has 0 radical (unpaired) electrons. The van der Waals surface area contributed by atoms with Crippen molar-refractivity contribution in [2.75, 3.05) is 51.0 Å². The average Bonchev–Trinajstić information content (AvgIpc) is 3.14. The number of anilines is 2. The number of ether oxygens (including phenoxy) is 1. The van der Waals surface area contributed by atoms with Crippen molar-refractivity contribution < 1.29 is 14.3 Å². The summed E-state index contributed by atoms with van der Waals surface area (Å²) >= 11 is 2.72. The van der Waals surface area contributed by atoms with E-state index in [1.807, 2.05) is 31.2 Å². The molecule has 1 fully saturated rings. The van der Waals surface area contributed by atoms with Crippen LogP contribution in [0.2, 0.25) is 0 Å². The Labute approximate surface area is 172 Å². The van der Waals surface area contributed by atoms with Gasteiger partial charge >= 0.3 is 0 Å². The number of carbonyl (C=O) groups excluding carboxylic acids is 2. The molecule has 1 aliphatic heterocycles. The largest absolute Gasteiger partial charge is 0.378 e. The van der Waals surface area contributed by atoms with E-state index in [-0.39, 0.29) is 24.1 Å². The third-order valence-electron chi connectivity index (χ3n) is 4.16. The van der Waals surface area contributed by atoms with Crippen LogP contribution in [0.15, 0.2) is 28.6 Å². The van der Waals surface area contributed by atoms with E-state index in [0.717, 1.165) is 11.3 Å². The smallest absolute Gasteiger partial charge is 0.242 e. The molecule has 3 rings (SSSR count). The number of amides is 2. The first-order valence-corrected chi connectivity index (χ1v) is 10.7. The molecule has 2 aromatic rings. The fourth-order valence-corrected chi connectivity index (χ4v) is 4.32. The van der Waals surface area contributed by atoms with Crippen LogP contribution in [0.3, 0.4) is 0 Å². The SMILES string of the molecule is Cc1cccc(Nc2nnc(SCC(=O)N(C)CC(=O)N3CCOCC3)s2)c1. The van der Waals surface area contributed by atoms with E-state index >= 15 is 0 Å². The number of likely N-dealkylation sites (N-methyl/N-ethyl adjacent to an activating group) is 1. The highest BCUT2D eigenvalue weighted by Crippen LogP contribution is 2.28. The van der Waals surface area contributed by atoms with Crippen LogP contribution in [-0.4, -0.2) is 77.5 Å². The molecule has 0 bridgehead atoms. The monoisotopic (exact) mass is 421 g/mol. The van der Waals surface area contributed by atoms with E-state index < -0.39 is 0 Å². The molecular weight excluding hydrogens is 398 g/mol. The Hall–Kier alpha value is -2.17. The fraction of sp³-hybridized carbons (Fsp3) is 0.444. The Bertz CT molecular complexity index is 823. The Balaban J connectivity index is 1.45. The van der Waals surface area contributed by atoms with Gasteiger partial charge in [0, 0.05) is 25.8 Å². The van der Waals surface area contributed by atoms with Crippen LogP contribution in [0, 0.1) is 6.92 Å². The van der Waals surface area contributed by atoms with Gasteiger partial charge in [0.25, 0.3) is 0 Å². The van der Waals surface area contributed by atoms with E-state index in [4.69, 9.17) is 4.74 Å². The number of benzene rings is 1. The van der Waals surface area contributed by atoms with Gasteiger partial charge in [0.05, 0.1) is 25.5 Å². The van der Waals surface area contributed by atoms with Crippen molar-refractivity contribution >= 4 is 45.7 Å². The number of hydrogen-bond donors (Lipinski definition) is 1. The molecule has 2 heterocycles. The van der Waals surface area contributed by atoms with Crippen molar-refractivity contribution in [2.24, 2.45) is 0 Å². The van der Waals surface area contributed by atoms with Crippen LogP contribution < -0.4 is 5.32 Å². The average molecular weight is 422 g/mol. The van der Waals surface area contributed by atoms with E-state index in [1.54, 1.807) is 11.9 Å². The van der Waals surface area contributed by atoms with Crippen LogP contribution in [0.5, 0.6) is 0 Å². The lowest BCUT2D eigenvalue weighted by molar-refractivity contribution is -0.140. The molecule has 2 amide bonds. The summed E-state index contributed by atoms with van der Waals surface area (Å²) in [6.07, 6.45) is 0. The Morgan fingerprint density at radius 2 is 2.11 bits per heavy atom. The fourth-order valence-electron chi connectivity index (χ4n) is 2.60. The van der Waals surface area contributed by atoms with Crippen LogP contribution in [0.4, 0.5) is 10.8 Å². The van der Waals surface area contributed by atoms with E-state index in [1.165, 1.54) is 28.0 Å². The molecule has 0 spiro atoms. The first-order valence-electron chi connectivity index (χ1n) is 8.91. The summed E-state index contributed by atoms with van der Waals surface area (Å²) in [5.74, 6) is 0.0473. The zero-order chi connectivity index (χ0) is 19.9. The van der Waals surface area contributed by atoms with Gasteiger partial charge in [0.2, 0.25) is 16.9 Å². The second-order valence-corrected chi connectivity index (χ2v) is 8.60. The maximum Gasteiger partial charge on any atom is 0.242 e. The summed E-state index contributed by atoms with van der Waals surface area (Å²) in [6, 6.07) is 7.99. The first kappa shape index (κ1) is 20.6. The number of morpholine rings is 1. The molecular formula is C18H23N5O3S2. The lowest BCUT2D eigenvalue weighted by atomic mass is 10.2. The standard InChI is InChI=1S/C18H23N5O3S2/c1-13-4-3-5-14(10-13)19-17-20-21-18(28-17)27-12-16(25)22(2)11-15(24)23-6-8-26-9-7-23/h3-5,10H,6-9,11-12H2,1-2H3,(H,19,20). The second-order valence-electron chi connectivity index (χ2n) is 6.40. The van der Waals surface area contributed by atoms with Gasteiger partial charge < -0.3 is 19.9 Å². The molecule has 0 saturated carbocycles. The number of nitrogens with one attached hydrogen (secondary N) is 1. The molecule has 1 aromatic carbocycles. The van der Waals surface area contributed by atoms with Gasteiger partial charge in [-0.25, -0.2) is 0 Å². The molecule has 0 atom stereocenters. The third-order valence-corrected chi connectivity index (χ3v) is 6.11. The van der Waals surface area contributed by atoms with E-state index in [9.17, 15) is 9.59 Å². The summed E-state index contributed by atoms with van der Waals surface area (Å²) in [5, 5.41) is 12.1. The van der Waals surface area contributed by atoms with Gasteiger partial charge in [-0.1, -0.05) is 35.2 Å². The highest BCUT2D eigenvalue weighted by molar-refractivity contribution is 8.01. The summed E-state index contributed by atoms with van der Waals surface area (Å²) < 4.78 is 5.95. The van der Waals surface area contributed by atoms with Crippen molar-refractivity contribution in [1.82, 2.24) is 20.0 Å². The minimum Gasteiger partial charge on any atom is -0.378 e. The molecule has 1 N–H and O–H groups in total. The van der Waals surface area contributed by atoms with Crippen LogP contribution in [0.1, 0.15) is 5.56 Å². The number of hydrogen-bond acceptors (Lipinski definition) is 8. The molecule has 0 aliphatic carbocycles. The predicted molar refractivity (Wildman–Crippen MR) is 110 cm³/mol. The van der Waals surface area contributed by atoms with E-state index in [0.29, 0.717) is 35.8 Å². The molecule has 1 saturated heterocycles. The number of nitrogens with zero attached hydrogens (tertiary/aromatic N) is 4. The van der Waals surface area contributed by atoms with Gasteiger partial charge in [-0.15, -0.1) is 10.2 Å². The molecule has 150 valence electrons.